The van der Waals surface area contributed by atoms with Crippen molar-refractivity contribution in [3.05, 3.63) is 48.3 Å². The molecule has 0 radical (unpaired) electrons. The van der Waals surface area contributed by atoms with Crippen LogP contribution < -0.4 is 16.2 Å². The average molecular weight is 266 g/mol. The second-order valence-electron chi connectivity index (χ2n) is 4.55. The van der Waals surface area contributed by atoms with Crippen LogP contribution in [0.4, 0.5) is 11.5 Å². The lowest BCUT2D eigenvalue weighted by atomic mass is 10.1. The van der Waals surface area contributed by atoms with Crippen molar-refractivity contribution < 1.29 is 4.74 Å². The quantitative estimate of drug-likeness (QED) is 0.744. The Kier molecular flexibility index (Phi) is 2.87. The second-order valence-corrected chi connectivity index (χ2v) is 4.55. The molecular weight excluding hydrogens is 252 g/mol. The predicted molar refractivity (Wildman–Crippen MR) is 79.6 cm³/mol. The molecule has 4 N–H and O–H groups in total. The summed E-state index contributed by atoms with van der Waals surface area (Å²) in [6, 6.07) is 9.55. The summed E-state index contributed by atoms with van der Waals surface area (Å²) in [5.41, 5.74) is 13.8. The van der Waals surface area contributed by atoms with E-state index in [-0.39, 0.29) is 5.82 Å². The lowest BCUT2D eigenvalue weighted by molar-refractivity contribution is 0.489. The van der Waals surface area contributed by atoms with Gasteiger partial charge in [0.2, 0.25) is 0 Å². The summed E-state index contributed by atoms with van der Waals surface area (Å²) >= 11 is 0. The first kappa shape index (κ1) is 12.2. The van der Waals surface area contributed by atoms with Gasteiger partial charge in [-0.1, -0.05) is 6.07 Å². The van der Waals surface area contributed by atoms with Gasteiger partial charge in [-0.2, -0.15) is 0 Å². The Morgan fingerprint density at radius 2 is 1.85 bits per heavy atom. The highest BCUT2D eigenvalue weighted by Gasteiger charge is 2.10. The third-order valence-electron chi connectivity index (χ3n) is 3.02. The van der Waals surface area contributed by atoms with Crippen LogP contribution in [0.15, 0.2) is 42.7 Å². The Balaban J connectivity index is 2.13. The third kappa shape index (κ3) is 2.09. The Bertz CT molecular complexity index is 786. The number of nitrogen functional groups attached to an aromatic ring is 2. The van der Waals surface area contributed by atoms with E-state index in [0.717, 1.165) is 16.5 Å². The number of hydrogen-bond acceptors (Lipinski definition) is 5. The summed E-state index contributed by atoms with van der Waals surface area (Å²) in [6.07, 6.45) is 3.29. The second kappa shape index (κ2) is 4.70. The fraction of sp³-hybridized carbons (Fsp3) is 0.0667. The van der Waals surface area contributed by atoms with Crippen molar-refractivity contribution in [2.75, 3.05) is 11.5 Å². The van der Waals surface area contributed by atoms with E-state index in [9.17, 15) is 0 Å². The summed E-state index contributed by atoms with van der Waals surface area (Å²) in [6.45, 7) is 2.00. The van der Waals surface area contributed by atoms with Crippen molar-refractivity contribution in [3.8, 4) is 11.5 Å². The molecule has 0 aliphatic rings. The van der Waals surface area contributed by atoms with Gasteiger partial charge in [-0.15, -0.1) is 0 Å². The summed E-state index contributed by atoms with van der Waals surface area (Å²) in [7, 11) is 0. The summed E-state index contributed by atoms with van der Waals surface area (Å²) in [5, 5.41) is 1.02. The molecule has 0 amide bonds. The molecule has 0 bridgehead atoms. The van der Waals surface area contributed by atoms with E-state index in [1.807, 2.05) is 25.1 Å². The highest BCUT2D eigenvalue weighted by molar-refractivity contribution is 5.85. The molecule has 0 saturated carbocycles. The van der Waals surface area contributed by atoms with Gasteiger partial charge in [0, 0.05) is 23.8 Å². The van der Waals surface area contributed by atoms with Crippen molar-refractivity contribution in [2.24, 2.45) is 0 Å². The van der Waals surface area contributed by atoms with E-state index < -0.39 is 0 Å². The molecule has 5 nitrogen and oxygen atoms in total. The van der Waals surface area contributed by atoms with Crippen LogP contribution in [0.25, 0.3) is 10.9 Å². The van der Waals surface area contributed by atoms with Crippen molar-refractivity contribution in [2.45, 2.75) is 6.92 Å². The number of benzene rings is 1. The lowest BCUT2D eigenvalue weighted by Gasteiger charge is -2.11. The molecule has 100 valence electrons. The largest absolute Gasteiger partial charge is 0.453 e. The first-order chi connectivity index (χ1) is 9.65. The van der Waals surface area contributed by atoms with Gasteiger partial charge in [-0.3, -0.25) is 4.98 Å². The minimum atomic E-state index is 0.257. The fourth-order valence-electron chi connectivity index (χ4n) is 2.06. The zero-order chi connectivity index (χ0) is 14.1. The van der Waals surface area contributed by atoms with Gasteiger partial charge in [0.1, 0.15) is 17.0 Å². The highest BCUT2D eigenvalue weighted by atomic mass is 16.5. The molecule has 0 aliphatic carbocycles. The number of aromatic nitrogens is 2. The average Bonchev–Trinajstić information content (AvgIpc) is 2.43. The molecule has 0 spiro atoms. The summed E-state index contributed by atoms with van der Waals surface area (Å²) < 4.78 is 5.88. The molecular formula is C15H14N4O. The van der Waals surface area contributed by atoms with Crippen molar-refractivity contribution in [1.82, 2.24) is 9.97 Å². The van der Waals surface area contributed by atoms with Crippen LogP contribution >= 0.6 is 0 Å². The van der Waals surface area contributed by atoms with Gasteiger partial charge < -0.3 is 16.2 Å². The smallest absolute Gasteiger partial charge is 0.155 e. The Labute approximate surface area is 116 Å². The van der Waals surface area contributed by atoms with Gasteiger partial charge in [0.15, 0.2) is 11.5 Å². The molecule has 5 heteroatoms. The van der Waals surface area contributed by atoms with Crippen LogP contribution in [0.5, 0.6) is 11.5 Å². The van der Waals surface area contributed by atoms with Gasteiger partial charge in [-0.25, -0.2) is 4.98 Å². The fourth-order valence-corrected chi connectivity index (χ4v) is 2.06. The van der Waals surface area contributed by atoms with E-state index in [4.69, 9.17) is 16.2 Å². The van der Waals surface area contributed by atoms with E-state index >= 15 is 0 Å². The van der Waals surface area contributed by atoms with Crippen molar-refractivity contribution in [1.29, 1.82) is 0 Å². The summed E-state index contributed by atoms with van der Waals surface area (Å²) in [5.74, 6) is 1.39. The van der Waals surface area contributed by atoms with Gasteiger partial charge in [0.25, 0.3) is 0 Å². The van der Waals surface area contributed by atoms with E-state index in [1.54, 1.807) is 18.5 Å². The van der Waals surface area contributed by atoms with Gasteiger partial charge in [0.05, 0.1) is 0 Å². The molecule has 0 fully saturated rings. The molecule has 0 saturated heterocycles. The maximum absolute atomic E-state index is 5.88. The van der Waals surface area contributed by atoms with Crippen molar-refractivity contribution in [3.63, 3.8) is 0 Å². The Morgan fingerprint density at radius 1 is 1.00 bits per heavy atom. The van der Waals surface area contributed by atoms with Crippen LogP contribution in [0.3, 0.4) is 0 Å². The first-order valence-electron chi connectivity index (χ1n) is 6.18. The number of ether oxygens (including phenoxy) is 1. The minimum Gasteiger partial charge on any atom is -0.453 e. The predicted octanol–water partition coefficient (Wildman–Crippen LogP) is 2.89. The zero-order valence-corrected chi connectivity index (χ0v) is 11.0. The number of nitrogens with two attached hydrogens (primary N) is 2. The number of hydrogen-bond donors (Lipinski definition) is 2. The molecule has 0 atom stereocenters. The highest BCUT2D eigenvalue weighted by Crippen LogP contribution is 2.34. The van der Waals surface area contributed by atoms with Crippen LogP contribution in [-0.4, -0.2) is 9.97 Å². The SMILES string of the molecule is Cc1cc(Oc2ccnc(N)c2N)c2ncccc2c1. The molecule has 3 rings (SSSR count). The molecule has 2 aromatic heterocycles. The Hall–Kier alpha value is -2.82. The molecule has 3 aromatic rings. The number of pyridine rings is 2. The number of nitrogens with zero attached hydrogens (tertiary/aromatic N) is 2. The maximum atomic E-state index is 5.88. The normalized spacial score (nSPS) is 10.7. The number of anilines is 2. The van der Waals surface area contributed by atoms with E-state index in [1.165, 1.54) is 0 Å². The maximum Gasteiger partial charge on any atom is 0.155 e. The number of aryl methyl sites for hydroxylation is 1. The van der Waals surface area contributed by atoms with Gasteiger partial charge in [-0.05, 0) is 30.7 Å². The molecule has 0 unspecified atom stereocenters. The number of rotatable bonds is 2. The summed E-state index contributed by atoms with van der Waals surface area (Å²) in [4.78, 5) is 8.28. The van der Waals surface area contributed by atoms with Crippen LogP contribution in [0.2, 0.25) is 0 Å². The third-order valence-corrected chi connectivity index (χ3v) is 3.02. The molecule has 20 heavy (non-hydrogen) atoms. The van der Waals surface area contributed by atoms with Crippen LogP contribution in [0, 0.1) is 6.92 Å². The van der Waals surface area contributed by atoms with Crippen LogP contribution in [-0.2, 0) is 0 Å². The number of fused-ring (bicyclic) bond motifs is 1. The standard InChI is InChI=1S/C15H14N4O/c1-9-7-10-3-2-5-18-14(10)12(8-9)20-11-4-6-19-15(17)13(11)16/h2-8H,16H2,1H3,(H2,17,19). The zero-order valence-electron chi connectivity index (χ0n) is 11.0. The van der Waals surface area contributed by atoms with E-state index in [2.05, 4.69) is 16.0 Å². The molecule has 1 aromatic carbocycles. The lowest BCUT2D eigenvalue weighted by Crippen LogP contribution is -2.00. The van der Waals surface area contributed by atoms with E-state index in [0.29, 0.717) is 17.2 Å². The van der Waals surface area contributed by atoms with Crippen LogP contribution in [0.1, 0.15) is 5.56 Å². The molecule has 2 heterocycles. The Morgan fingerprint density at radius 3 is 2.70 bits per heavy atom. The topological polar surface area (TPSA) is 87.0 Å². The minimum absolute atomic E-state index is 0.257. The van der Waals surface area contributed by atoms with Crippen molar-refractivity contribution >= 4 is 22.4 Å². The van der Waals surface area contributed by atoms with Gasteiger partial charge >= 0.3 is 0 Å². The molecule has 0 aliphatic heterocycles. The monoisotopic (exact) mass is 266 g/mol. The first-order valence-corrected chi connectivity index (χ1v) is 6.18.